The third-order valence-electron chi connectivity index (χ3n) is 1.07. The lowest BCUT2D eigenvalue weighted by atomic mass is 10.2. The van der Waals surface area contributed by atoms with E-state index in [0.717, 1.165) is 5.56 Å². The molecule has 1 aromatic rings. The summed E-state index contributed by atoms with van der Waals surface area (Å²) in [6.45, 7) is 1.87. The molecule has 0 saturated carbocycles. The van der Waals surface area contributed by atoms with Gasteiger partial charge in [0.25, 0.3) is 5.24 Å². The van der Waals surface area contributed by atoms with Crippen molar-refractivity contribution >= 4 is 28.2 Å². The third kappa shape index (κ3) is 1.32. The van der Waals surface area contributed by atoms with Gasteiger partial charge in [-0.3, -0.25) is 4.79 Å². The second-order valence-corrected chi connectivity index (χ2v) is 2.83. The molecule has 1 nitrogen and oxygen atoms in total. The van der Waals surface area contributed by atoms with E-state index in [1.54, 1.807) is 5.38 Å². The highest BCUT2D eigenvalue weighted by molar-refractivity contribution is 7.08. The van der Waals surface area contributed by atoms with E-state index < -0.39 is 0 Å². The summed E-state index contributed by atoms with van der Waals surface area (Å²) in [4.78, 5) is 10.5. The zero-order valence-electron chi connectivity index (χ0n) is 4.85. The third-order valence-corrected chi connectivity index (χ3v) is 2.13. The zero-order valence-corrected chi connectivity index (χ0v) is 6.42. The Kier molecular flexibility index (Phi) is 1.88. The lowest BCUT2D eigenvalue weighted by Gasteiger charge is -1.85. The van der Waals surface area contributed by atoms with Crippen LogP contribution in [-0.4, -0.2) is 5.24 Å². The van der Waals surface area contributed by atoms with E-state index >= 15 is 0 Å². The van der Waals surface area contributed by atoms with Crippen LogP contribution in [0.15, 0.2) is 10.8 Å². The molecular weight excluding hydrogens is 156 g/mol. The Morgan fingerprint density at radius 2 is 2.33 bits per heavy atom. The molecule has 0 saturated heterocycles. The molecule has 48 valence electrons. The maximum atomic E-state index is 10.5. The molecule has 0 aliphatic carbocycles. The van der Waals surface area contributed by atoms with Gasteiger partial charge in [0.05, 0.1) is 0 Å². The number of aryl methyl sites for hydroxylation is 1. The van der Waals surface area contributed by atoms with Crippen molar-refractivity contribution in [3.8, 4) is 0 Å². The summed E-state index contributed by atoms with van der Waals surface area (Å²) in [6.07, 6.45) is 0. The Hall–Kier alpha value is -0.340. The quantitative estimate of drug-likeness (QED) is 0.577. The Morgan fingerprint density at radius 1 is 1.67 bits per heavy atom. The molecule has 0 aliphatic heterocycles. The summed E-state index contributed by atoms with van der Waals surface area (Å²) < 4.78 is 0. The molecule has 0 unspecified atom stereocenters. The monoisotopic (exact) mass is 160 g/mol. The fourth-order valence-electron chi connectivity index (χ4n) is 0.562. The van der Waals surface area contributed by atoms with Gasteiger partial charge in [0.15, 0.2) is 0 Å². The fourth-order valence-corrected chi connectivity index (χ4v) is 1.66. The van der Waals surface area contributed by atoms with E-state index in [0.29, 0.717) is 5.56 Å². The van der Waals surface area contributed by atoms with Gasteiger partial charge >= 0.3 is 0 Å². The second-order valence-electron chi connectivity index (χ2n) is 1.74. The van der Waals surface area contributed by atoms with Gasteiger partial charge in [-0.05, 0) is 29.5 Å². The first-order valence-corrected chi connectivity index (χ1v) is 3.76. The van der Waals surface area contributed by atoms with Gasteiger partial charge < -0.3 is 0 Å². The number of carbonyl (C=O) groups is 1. The fraction of sp³-hybridized carbons (Fsp3) is 0.167. The number of carbonyl (C=O) groups excluding carboxylic acids is 1. The van der Waals surface area contributed by atoms with Gasteiger partial charge in [-0.2, -0.15) is 11.3 Å². The number of hydrogen-bond donors (Lipinski definition) is 0. The Morgan fingerprint density at radius 3 is 2.56 bits per heavy atom. The molecule has 3 heteroatoms. The molecule has 1 aromatic heterocycles. The Labute approximate surface area is 62.3 Å². The van der Waals surface area contributed by atoms with Crippen LogP contribution >= 0.6 is 22.9 Å². The van der Waals surface area contributed by atoms with E-state index in [1.807, 2.05) is 12.3 Å². The lowest BCUT2D eigenvalue weighted by molar-refractivity contribution is 0.108. The molecule has 0 N–H and O–H groups in total. The molecule has 0 fully saturated rings. The summed E-state index contributed by atoms with van der Waals surface area (Å²) in [5.74, 6) is 0. The smallest absolute Gasteiger partial charge is 0.253 e. The summed E-state index contributed by atoms with van der Waals surface area (Å²) >= 11 is 6.71. The maximum Gasteiger partial charge on any atom is 0.253 e. The van der Waals surface area contributed by atoms with Gasteiger partial charge in [-0.25, -0.2) is 0 Å². The van der Waals surface area contributed by atoms with Gasteiger partial charge in [-0.15, -0.1) is 0 Å². The maximum absolute atomic E-state index is 10.5. The van der Waals surface area contributed by atoms with Crippen molar-refractivity contribution in [3.05, 3.63) is 21.9 Å². The highest BCUT2D eigenvalue weighted by Gasteiger charge is 2.04. The van der Waals surface area contributed by atoms with Crippen LogP contribution in [0.5, 0.6) is 0 Å². The highest BCUT2D eigenvalue weighted by atomic mass is 35.5. The van der Waals surface area contributed by atoms with E-state index in [2.05, 4.69) is 0 Å². The second kappa shape index (κ2) is 2.50. The van der Waals surface area contributed by atoms with E-state index in [1.165, 1.54) is 11.3 Å². The average molecular weight is 161 g/mol. The summed E-state index contributed by atoms with van der Waals surface area (Å²) in [5.41, 5.74) is 1.58. The van der Waals surface area contributed by atoms with Crippen LogP contribution in [-0.2, 0) is 0 Å². The first-order valence-electron chi connectivity index (χ1n) is 2.44. The molecule has 0 atom stereocenters. The first-order chi connectivity index (χ1) is 4.22. The minimum atomic E-state index is -0.367. The van der Waals surface area contributed by atoms with Crippen LogP contribution in [0, 0.1) is 6.92 Å². The van der Waals surface area contributed by atoms with E-state index in [9.17, 15) is 4.79 Å². The van der Waals surface area contributed by atoms with Crippen LogP contribution in [0.25, 0.3) is 0 Å². The van der Waals surface area contributed by atoms with Crippen LogP contribution in [0.1, 0.15) is 15.9 Å². The first kappa shape index (κ1) is 6.78. The number of hydrogen-bond acceptors (Lipinski definition) is 2. The molecule has 1 heterocycles. The Bertz CT molecular complexity index is 229. The molecule has 0 aliphatic rings. The summed E-state index contributed by atoms with van der Waals surface area (Å²) in [5, 5.41) is 3.29. The van der Waals surface area contributed by atoms with Crippen molar-refractivity contribution in [1.29, 1.82) is 0 Å². The van der Waals surface area contributed by atoms with Crippen LogP contribution in [0.2, 0.25) is 0 Å². The van der Waals surface area contributed by atoms with Crippen molar-refractivity contribution in [1.82, 2.24) is 0 Å². The molecule has 0 radical (unpaired) electrons. The molecule has 0 amide bonds. The predicted octanol–water partition coefficient (Wildman–Crippen LogP) is 2.44. The normalized spacial score (nSPS) is 9.56. The molecule has 0 bridgehead atoms. The van der Waals surface area contributed by atoms with E-state index in [-0.39, 0.29) is 5.24 Å². The van der Waals surface area contributed by atoms with Crippen LogP contribution in [0.3, 0.4) is 0 Å². The van der Waals surface area contributed by atoms with Crippen LogP contribution < -0.4 is 0 Å². The standard InChI is InChI=1S/C6H5ClOS/c1-4-2-9-3-5(4)6(7)8/h2-3H,1H3. The summed E-state index contributed by atoms with van der Waals surface area (Å²) in [7, 11) is 0. The van der Waals surface area contributed by atoms with Crippen LogP contribution in [0.4, 0.5) is 0 Å². The minimum absolute atomic E-state index is 0.367. The molecule has 0 spiro atoms. The minimum Gasteiger partial charge on any atom is -0.276 e. The Balaban J connectivity index is 3.08. The number of halogens is 1. The predicted molar refractivity (Wildman–Crippen MR) is 39.2 cm³/mol. The number of thiophene rings is 1. The van der Waals surface area contributed by atoms with E-state index in [4.69, 9.17) is 11.6 Å². The molecule has 1 rings (SSSR count). The SMILES string of the molecule is Cc1cscc1C(=O)Cl. The topological polar surface area (TPSA) is 17.1 Å². The van der Waals surface area contributed by atoms with Gasteiger partial charge in [0.1, 0.15) is 0 Å². The van der Waals surface area contributed by atoms with Gasteiger partial charge in [0, 0.05) is 10.9 Å². The van der Waals surface area contributed by atoms with Gasteiger partial charge in [-0.1, -0.05) is 0 Å². The van der Waals surface area contributed by atoms with Crippen molar-refractivity contribution < 1.29 is 4.79 Å². The molecule has 0 aromatic carbocycles. The van der Waals surface area contributed by atoms with Crippen molar-refractivity contribution in [2.45, 2.75) is 6.92 Å². The highest BCUT2D eigenvalue weighted by Crippen LogP contribution is 2.15. The number of rotatable bonds is 1. The van der Waals surface area contributed by atoms with Crippen molar-refractivity contribution in [2.24, 2.45) is 0 Å². The lowest BCUT2D eigenvalue weighted by Crippen LogP contribution is -1.85. The van der Waals surface area contributed by atoms with Crippen molar-refractivity contribution in [2.75, 3.05) is 0 Å². The molecular formula is C6H5ClOS. The summed E-state index contributed by atoms with van der Waals surface area (Å²) in [6, 6.07) is 0. The van der Waals surface area contributed by atoms with Crippen molar-refractivity contribution in [3.63, 3.8) is 0 Å². The average Bonchev–Trinajstić information content (AvgIpc) is 2.13. The molecule has 9 heavy (non-hydrogen) atoms. The largest absolute Gasteiger partial charge is 0.276 e. The van der Waals surface area contributed by atoms with Gasteiger partial charge in [0.2, 0.25) is 0 Å². The zero-order chi connectivity index (χ0) is 6.85.